The summed E-state index contributed by atoms with van der Waals surface area (Å²) in [4.78, 5) is 4.31. The number of halogens is 2. The highest BCUT2D eigenvalue weighted by molar-refractivity contribution is 6.33. The van der Waals surface area contributed by atoms with Crippen LogP contribution in [0.25, 0.3) is 0 Å². The van der Waals surface area contributed by atoms with E-state index in [2.05, 4.69) is 25.8 Å². The summed E-state index contributed by atoms with van der Waals surface area (Å²) in [6.07, 6.45) is 2.03. The summed E-state index contributed by atoms with van der Waals surface area (Å²) in [5, 5.41) is 14.5. The molecule has 5 nitrogen and oxygen atoms in total. The van der Waals surface area contributed by atoms with Crippen molar-refractivity contribution in [3.8, 4) is 0 Å². The smallest absolute Gasteiger partial charge is 0.244 e. The minimum absolute atomic E-state index is 0.215. The lowest BCUT2D eigenvalue weighted by molar-refractivity contribution is 0.610. The van der Waals surface area contributed by atoms with Gasteiger partial charge in [-0.05, 0) is 30.2 Å². The van der Waals surface area contributed by atoms with Gasteiger partial charge in [-0.25, -0.2) is 4.39 Å². The molecule has 3 rings (SSSR count). The first-order valence-electron chi connectivity index (χ1n) is 7.41. The van der Waals surface area contributed by atoms with Gasteiger partial charge in [0.15, 0.2) is 5.82 Å². The fourth-order valence-corrected chi connectivity index (χ4v) is 2.33. The molecular formula is C17H15ClFN5. The Morgan fingerprint density at radius 3 is 2.67 bits per heavy atom. The molecule has 3 aromatic rings. The molecule has 0 aliphatic heterocycles. The van der Waals surface area contributed by atoms with E-state index in [9.17, 15) is 4.39 Å². The van der Waals surface area contributed by atoms with E-state index in [-0.39, 0.29) is 5.82 Å². The maximum Gasteiger partial charge on any atom is 0.244 e. The Morgan fingerprint density at radius 2 is 1.83 bits per heavy atom. The van der Waals surface area contributed by atoms with E-state index in [1.807, 2.05) is 24.3 Å². The van der Waals surface area contributed by atoms with Gasteiger partial charge in [-0.1, -0.05) is 41.9 Å². The molecule has 0 saturated carbocycles. The third kappa shape index (κ3) is 4.17. The van der Waals surface area contributed by atoms with Gasteiger partial charge in [0.05, 0.1) is 16.9 Å². The molecule has 0 saturated heterocycles. The van der Waals surface area contributed by atoms with Gasteiger partial charge < -0.3 is 10.6 Å². The molecule has 0 aliphatic rings. The molecule has 0 radical (unpaired) electrons. The van der Waals surface area contributed by atoms with E-state index in [1.54, 1.807) is 18.2 Å². The molecule has 0 atom stereocenters. The highest BCUT2D eigenvalue weighted by Gasteiger charge is 2.04. The summed E-state index contributed by atoms with van der Waals surface area (Å²) in [5.41, 5.74) is 1.38. The van der Waals surface area contributed by atoms with Crippen molar-refractivity contribution in [2.75, 3.05) is 17.2 Å². The Bertz CT molecular complexity index is 827. The monoisotopic (exact) mass is 343 g/mol. The fraction of sp³-hybridized carbons (Fsp3) is 0.118. The first-order valence-corrected chi connectivity index (χ1v) is 7.79. The van der Waals surface area contributed by atoms with Crippen LogP contribution in [0.15, 0.2) is 54.7 Å². The summed E-state index contributed by atoms with van der Waals surface area (Å²) in [6.45, 7) is 0.498. The quantitative estimate of drug-likeness (QED) is 0.706. The van der Waals surface area contributed by atoms with Crippen molar-refractivity contribution < 1.29 is 4.39 Å². The lowest BCUT2D eigenvalue weighted by Crippen LogP contribution is -2.10. The minimum Gasteiger partial charge on any atom is -0.353 e. The van der Waals surface area contributed by atoms with E-state index in [0.717, 1.165) is 5.69 Å². The first-order chi connectivity index (χ1) is 11.7. The largest absolute Gasteiger partial charge is 0.353 e. The van der Waals surface area contributed by atoms with Gasteiger partial charge in [0.2, 0.25) is 5.95 Å². The van der Waals surface area contributed by atoms with E-state index < -0.39 is 0 Å². The average Bonchev–Trinajstić information content (AvgIpc) is 2.59. The Kier molecular flexibility index (Phi) is 5.18. The predicted molar refractivity (Wildman–Crippen MR) is 93.2 cm³/mol. The molecule has 7 heteroatoms. The second kappa shape index (κ2) is 7.70. The highest BCUT2D eigenvalue weighted by atomic mass is 35.5. The normalized spacial score (nSPS) is 10.4. The minimum atomic E-state index is -0.215. The van der Waals surface area contributed by atoms with Gasteiger partial charge >= 0.3 is 0 Å². The number of hydrogen-bond acceptors (Lipinski definition) is 5. The van der Waals surface area contributed by atoms with Gasteiger partial charge in [0.25, 0.3) is 0 Å². The molecule has 1 aromatic heterocycles. The molecule has 2 aromatic carbocycles. The topological polar surface area (TPSA) is 62.7 Å². The van der Waals surface area contributed by atoms with Crippen LogP contribution in [0.3, 0.4) is 0 Å². The summed E-state index contributed by atoms with van der Waals surface area (Å²) >= 11 is 6.10. The Hall–Kier alpha value is -2.73. The van der Waals surface area contributed by atoms with Crippen LogP contribution in [0.4, 0.5) is 21.8 Å². The number of para-hydroxylation sites is 1. The third-order valence-electron chi connectivity index (χ3n) is 3.33. The summed E-state index contributed by atoms with van der Waals surface area (Å²) < 4.78 is 13.6. The number of anilines is 3. The summed E-state index contributed by atoms with van der Waals surface area (Å²) in [6, 6.07) is 14.0. The average molecular weight is 344 g/mol. The van der Waals surface area contributed by atoms with Crippen LogP contribution in [-0.2, 0) is 6.42 Å². The van der Waals surface area contributed by atoms with Crippen molar-refractivity contribution >= 4 is 29.1 Å². The van der Waals surface area contributed by atoms with Crippen molar-refractivity contribution in [3.05, 3.63) is 71.1 Å². The molecule has 2 N–H and O–H groups in total. The summed E-state index contributed by atoms with van der Waals surface area (Å²) in [5.74, 6) is 0.669. The Labute approximate surface area is 143 Å². The van der Waals surface area contributed by atoms with Gasteiger partial charge in [-0.3, -0.25) is 0 Å². The third-order valence-corrected chi connectivity index (χ3v) is 3.66. The predicted octanol–water partition coefficient (Wildman–Crippen LogP) is 4.06. The first kappa shape index (κ1) is 16.1. The van der Waals surface area contributed by atoms with Gasteiger partial charge in [-0.2, -0.15) is 10.1 Å². The van der Waals surface area contributed by atoms with Crippen LogP contribution in [0.2, 0.25) is 5.02 Å². The van der Waals surface area contributed by atoms with Crippen LogP contribution >= 0.6 is 11.6 Å². The molecule has 0 spiro atoms. The van der Waals surface area contributed by atoms with Crippen molar-refractivity contribution in [1.29, 1.82) is 0 Å². The molecule has 0 bridgehead atoms. The molecule has 24 heavy (non-hydrogen) atoms. The number of nitrogens with one attached hydrogen (secondary N) is 2. The van der Waals surface area contributed by atoms with Crippen LogP contribution in [0.5, 0.6) is 0 Å². The molecule has 0 unspecified atom stereocenters. The summed E-state index contributed by atoms with van der Waals surface area (Å²) in [7, 11) is 0. The number of aromatic nitrogens is 3. The number of rotatable bonds is 6. The SMILES string of the molecule is Fc1ccccc1CCNc1nncc(Nc2ccccc2Cl)n1. The van der Waals surface area contributed by atoms with Crippen LogP contribution in [0, 0.1) is 5.82 Å². The molecule has 0 fully saturated rings. The van der Waals surface area contributed by atoms with Crippen LogP contribution < -0.4 is 10.6 Å². The van der Waals surface area contributed by atoms with Crippen LogP contribution in [-0.4, -0.2) is 21.7 Å². The lowest BCUT2D eigenvalue weighted by Gasteiger charge is -2.09. The van der Waals surface area contributed by atoms with E-state index in [1.165, 1.54) is 12.3 Å². The molecule has 0 amide bonds. The van der Waals surface area contributed by atoms with Crippen molar-refractivity contribution in [2.45, 2.75) is 6.42 Å². The second-order valence-electron chi connectivity index (χ2n) is 5.04. The lowest BCUT2D eigenvalue weighted by atomic mass is 10.1. The van der Waals surface area contributed by atoms with Crippen molar-refractivity contribution in [1.82, 2.24) is 15.2 Å². The van der Waals surface area contributed by atoms with Crippen LogP contribution in [0.1, 0.15) is 5.56 Å². The maximum absolute atomic E-state index is 13.6. The molecule has 122 valence electrons. The van der Waals surface area contributed by atoms with Gasteiger partial charge in [0, 0.05) is 6.54 Å². The Morgan fingerprint density at radius 1 is 1.04 bits per heavy atom. The Balaban J connectivity index is 1.61. The second-order valence-corrected chi connectivity index (χ2v) is 5.45. The van der Waals surface area contributed by atoms with Crippen molar-refractivity contribution in [2.24, 2.45) is 0 Å². The maximum atomic E-state index is 13.6. The zero-order chi connectivity index (χ0) is 16.8. The van der Waals surface area contributed by atoms with E-state index in [0.29, 0.717) is 35.3 Å². The zero-order valence-corrected chi connectivity index (χ0v) is 13.5. The van der Waals surface area contributed by atoms with E-state index in [4.69, 9.17) is 11.6 Å². The highest BCUT2D eigenvalue weighted by Crippen LogP contribution is 2.23. The van der Waals surface area contributed by atoms with Gasteiger partial charge in [-0.15, -0.1) is 5.10 Å². The standard InChI is InChI=1S/C17H15ClFN5/c18-13-6-2-4-8-15(13)22-16-11-21-24-17(23-16)20-10-9-12-5-1-3-7-14(12)19/h1-8,11H,9-10H2,(H2,20,22,23,24). The molecular weight excluding hydrogens is 329 g/mol. The van der Waals surface area contributed by atoms with Crippen molar-refractivity contribution in [3.63, 3.8) is 0 Å². The number of nitrogens with zero attached hydrogens (tertiary/aromatic N) is 3. The number of benzene rings is 2. The molecule has 0 aliphatic carbocycles. The van der Waals surface area contributed by atoms with Gasteiger partial charge in [0.1, 0.15) is 5.82 Å². The van der Waals surface area contributed by atoms with E-state index >= 15 is 0 Å². The fourth-order valence-electron chi connectivity index (χ4n) is 2.15. The zero-order valence-electron chi connectivity index (χ0n) is 12.7. The molecule has 1 heterocycles. The number of hydrogen-bond donors (Lipinski definition) is 2.